The van der Waals surface area contributed by atoms with Crippen LogP contribution < -0.4 is 16.8 Å². The van der Waals surface area contributed by atoms with Crippen LogP contribution in [0.25, 0.3) is 0 Å². The number of hydrogen-bond donors (Lipinski definition) is 5. The highest BCUT2D eigenvalue weighted by molar-refractivity contribution is 5.91. The van der Waals surface area contributed by atoms with Crippen LogP contribution in [0.1, 0.15) is 6.42 Å². The molecule has 0 rings (SSSR count). The predicted molar refractivity (Wildman–Crippen MR) is 60.0 cm³/mol. The molecule has 0 saturated carbocycles. The van der Waals surface area contributed by atoms with E-state index in [0.29, 0.717) is 13.1 Å². The van der Waals surface area contributed by atoms with Gasteiger partial charge in [0.25, 0.3) is 0 Å². The summed E-state index contributed by atoms with van der Waals surface area (Å²) in [6.45, 7) is 6.15. The minimum atomic E-state index is -1.27. The Labute approximate surface area is 94.1 Å². The molecule has 0 aromatic carbocycles. The predicted octanol–water partition coefficient (Wildman–Crippen LogP) is -1.40. The van der Waals surface area contributed by atoms with E-state index < -0.39 is 18.4 Å². The molecule has 0 aromatic rings. The zero-order valence-corrected chi connectivity index (χ0v) is 9.11. The molecule has 0 unspecified atom stereocenters. The summed E-state index contributed by atoms with van der Waals surface area (Å²) in [6, 6.07) is 0. The molecule has 0 radical (unpaired) electrons. The number of aliphatic carboxylic acids is 2. The largest absolute Gasteiger partial charge is 0.481 e. The van der Waals surface area contributed by atoms with Crippen molar-refractivity contribution in [2.24, 2.45) is 11.5 Å². The van der Waals surface area contributed by atoms with E-state index in [1.54, 1.807) is 0 Å². The number of hydrogen-bond acceptors (Lipinski definition) is 5. The van der Waals surface area contributed by atoms with Crippen LogP contribution in [0.5, 0.6) is 0 Å². The van der Waals surface area contributed by atoms with Crippen LogP contribution in [0.4, 0.5) is 0 Å². The second kappa shape index (κ2) is 11.6. The highest BCUT2D eigenvalue weighted by Crippen LogP contribution is 1.95. The molecule has 0 saturated heterocycles. The van der Waals surface area contributed by atoms with Gasteiger partial charge in [-0.05, 0) is 0 Å². The van der Waals surface area contributed by atoms with E-state index in [0.717, 1.165) is 13.1 Å². The van der Waals surface area contributed by atoms with Crippen LogP contribution in [0.2, 0.25) is 0 Å². The lowest BCUT2D eigenvalue weighted by Gasteiger charge is -1.95. The van der Waals surface area contributed by atoms with E-state index in [-0.39, 0.29) is 5.57 Å². The Morgan fingerprint density at radius 3 is 1.75 bits per heavy atom. The number of rotatable bonds is 7. The molecule has 0 amide bonds. The van der Waals surface area contributed by atoms with Gasteiger partial charge in [-0.25, -0.2) is 4.79 Å². The quantitative estimate of drug-likeness (QED) is 0.269. The van der Waals surface area contributed by atoms with Crippen molar-refractivity contribution in [2.75, 3.05) is 26.2 Å². The van der Waals surface area contributed by atoms with E-state index in [9.17, 15) is 9.59 Å². The van der Waals surface area contributed by atoms with Crippen molar-refractivity contribution < 1.29 is 19.8 Å². The molecule has 0 aliphatic rings. The topological polar surface area (TPSA) is 139 Å². The molecule has 7 nitrogen and oxygen atoms in total. The maximum absolute atomic E-state index is 9.87. The molecule has 0 aliphatic heterocycles. The summed E-state index contributed by atoms with van der Waals surface area (Å²) >= 11 is 0. The number of carboxylic acid groups (broad SMARTS) is 2. The first-order valence-corrected chi connectivity index (χ1v) is 4.69. The Hall–Kier alpha value is -1.44. The van der Waals surface area contributed by atoms with E-state index in [2.05, 4.69) is 11.9 Å². The van der Waals surface area contributed by atoms with Gasteiger partial charge in [0.05, 0.1) is 6.42 Å². The zero-order chi connectivity index (χ0) is 13.0. The molecule has 7 N–H and O–H groups in total. The minimum Gasteiger partial charge on any atom is -0.481 e. The highest BCUT2D eigenvalue weighted by Gasteiger charge is 2.07. The average Bonchev–Trinajstić information content (AvgIpc) is 2.18. The summed E-state index contributed by atoms with van der Waals surface area (Å²) in [5.74, 6) is -2.44. The average molecular weight is 233 g/mol. The van der Waals surface area contributed by atoms with E-state index in [4.69, 9.17) is 21.7 Å². The molecule has 0 heterocycles. The number of nitrogens with two attached hydrogens (primary N) is 2. The van der Waals surface area contributed by atoms with E-state index in [1.165, 1.54) is 0 Å². The third kappa shape index (κ3) is 15.1. The summed E-state index contributed by atoms with van der Waals surface area (Å²) in [7, 11) is 0. The molecular weight excluding hydrogens is 214 g/mol. The monoisotopic (exact) mass is 233 g/mol. The lowest BCUT2D eigenvalue weighted by molar-refractivity contribution is -0.139. The Kier molecular flexibility index (Phi) is 12.3. The maximum Gasteiger partial charge on any atom is 0.331 e. The fraction of sp³-hybridized carbons (Fsp3) is 0.556. The van der Waals surface area contributed by atoms with Gasteiger partial charge >= 0.3 is 11.9 Å². The summed E-state index contributed by atoms with van der Waals surface area (Å²) in [5.41, 5.74) is 10.0. The van der Waals surface area contributed by atoms with E-state index >= 15 is 0 Å². The smallest absolute Gasteiger partial charge is 0.331 e. The molecule has 0 fully saturated rings. The molecule has 0 aromatic heterocycles. The number of nitrogens with one attached hydrogen (secondary N) is 1. The molecule has 0 bridgehead atoms. The van der Waals surface area contributed by atoms with Crippen molar-refractivity contribution >= 4 is 11.9 Å². The third-order valence-electron chi connectivity index (χ3n) is 1.31. The van der Waals surface area contributed by atoms with Gasteiger partial charge in [-0.3, -0.25) is 4.79 Å². The molecule has 0 spiro atoms. The summed E-state index contributed by atoms with van der Waals surface area (Å²) in [4.78, 5) is 19.7. The van der Waals surface area contributed by atoms with Crippen LogP contribution in [0, 0.1) is 0 Å². The van der Waals surface area contributed by atoms with Crippen LogP contribution in [0.15, 0.2) is 12.2 Å². The first-order valence-electron chi connectivity index (χ1n) is 4.69. The van der Waals surface area contributed by atoms with Crippen molar-refractivity contribution in [1.29, 1.82) is 0 Å². The Bertz CT molecular complexity index is 227. The van der Waals surface area contributed by atoms with Crippen LogP contribution >= 0.6 is 0 Å². The molecule has 0 atom stereocenters. The zero-order valence-electron chi connectivity index (χ0n) is 9.11. The van der Waals surface area contributed by atoms with Crippen molar-refractivity contribution in [3.8, 4) is 0 Å². The minimum absolute atomic E-state index is 0.303. The number of carbonyl (C=O) groups is 2. The molecule has 16 heavy (non-hydrogen) atoms. The summed E-state index contributed by atoms with van der Waals surface area (Å²) in [6.07, 6.45) is -0.505. The standard InChI is InChI=1S/C5H6O4.C4H13N3/c1-3(5(8)9)2-4(6)7;5-1-3-7-4-2-6/h1-2H2,(H,6,7)(H,8,9);7H,1-6H2. The number of carboxylic acids is 2. The van der Waals surface area contributed by atoms with E-state index in [1.807, 2.05) is 0 Å². The molecule has 94 valence electrons. The third-order valence-corrected chi connectivity index (χ3v) is 1.31. The van der Waals surface area contributed by atoms with Crippen molar-refractivity contribution in [3.63, 3.8) is 0 Å². The van der Waals surface area contributed by atoms with Gasteiger partial charge in [0.15, 0.2) is 0 Å². The first kappa shape index (κ1) is 17.0. The highest BCUT2D eigenvalue weighted by atomic mass is 16.4. The van der Waals surface area contributed by atoms with Gasteiger partial charge in [-0.2, -0.15) is 0 Å². The fourth-order valence-corrected chi connectivity index (χ4v) is 0.587. The second-order valence-corrected chi connectivity index (χ2v) is 2.81. The summed E-state index contributed by atoms with van der Waals surface area (Å²) in [5, 5.41) is 19.1. The van der Waals surface area contributed by atoms with Gasteiger partial charge in [-0.15, -0.1) is 0 Å². The normalized spacial score (nSPS) is 8.88. The van der Waals surface area contributed by atoms with Crippen molar-refractivity contribution in [3.05, 3.63) is 12.2 Å². The molecule has 7 heteroatoms. The fourth-order valence-electron chi connectivity index (χ4n) is 0.587. The second-order valence-electron chi connectivity index (χ2n) is 2.81. The van der Waals surface area contributed by atoms with Gasteiger partial charge in [-0.1, -0.05) is 6.58 Å². The maximum atomic E-state index is 9.87. The van der Waals surface area contributed by atoms with Gasteiger partial charge < -0.3 is 27.0 Å². The Balaban J connectivity index is 0. The summed E-state index contributed by atoms with van der Waals surface area (Å²) < 4.78 is 0. The van der Waals surface area contributed by atoms with Crippen molar-refractivity contribution in [2.45, 2.75) is 6.42 Å². The Morgan fingerprint density at radius 2 is 1.56 bits per heavy atom. The van der Waals surface area contributed by atoms with Crippen LogP contribution in [0.3, 0.4) is 0 Å². The van der Waals surface area contributed by atoms with Crippen LogP contribution in [-0.2, 0) is 9.59 Å². The first-order chi connectivity index (χ1) is 7.45. The lowest BCUT2D eigenvalue weighted by Crippen LogP contribution is -2.27. The lowest BCUT2D eigenvalue weighted by atomic mass is 10.2. The van der Waals surface area contributed by atoms with Crippen LogP contribution in [-0.4, -0.2) is 48.3 Å². The Morgan fingerprint density at radius 1 is 1.12 bits per heavy atom. The van der Waals surface area contributed by atoms with Gasteiger partial charge in [0.1, 0.15) is 0 Å². The molecule has 0 aliphatic carbocycles. The molecular formula is C9H19N3O4. The van der Waals surface area contributed by atoms with Crippen molar-refractivity contribution in [1.82, 2.24) is 5.32 Å². The SMILES string of the molecule is C=C(CC(=O)O)C(=O)O.NCCNCCN. The van der Waals surface area contributed by atoms with Gasteiger partial charge in [0.2, 0.25) is 0 Å². The van der Waals surface area contributed by atoms with Gasteiger partial charge in [0, 0.05) is 31.8 Å².